The van der Waals surface area contributed by atoms with Crippen LogP contribution in [0.1, 0.15) is 6.92 Å². The van der Waals surface area contributed by atoms with Gasteiger partial charge in [0, 0.05) is 13.1 Å². The number of aromatic nitrogens is 1. The van der Waals surface area contributed by atoms with Gasteiger partial charge in [-0.1, -0.05) is 0 Å². The van der Waals surface area contributed by atoms with E-state index in [1.54, 1.807) is 6.92 Å². The van der Waals surface area contributed by atoms with Crippen LogP contribution in [-0.4, -0.2) is 43.2 Å². The Morgan fingerprint density at radius 2 is 1.95 bits per heavy atom. The SMILES string of the molecule is CCNC(=O)C1COCCN1c1c(F)c(F)nc(F)c1F. The zero-order valence-corrected chi connectivity index (χ0v) is 11.1. The molecular weight excluding hydrogens is 294 g/mol. The normalized spacial score (nSPS) is 18.7. The lowest BCUT2D eigenvalue weighted by Gasteiger charge is -2.36. The number of carbonyl (C=O) groups excluding carboxylic acids is 1. The lowest BCUT2D eigenvalue weighted by molar-refractivity contribution is -0.124. The Morgan fingerprint density at radius 1 is 1.33 bits per heavy atom. The molecule has 0 aliphatic carbocycles. The molecule has 1 N–H and O–H groups in total. The second kappa shape index (κ2) is 6.25. The molecule has 2 heterocycles. The molecule has 0 spiro atoms. The quantitative estimate of drug-likeness (QED) is 0.668. The molecule has 0 aromatic carbocycles. The predicted octanol–water partition coefficient (Wildman–Crippen LogP) is 0.979. The van der Waals surface area contributed by atoms with Crippen LogP contribution in [-0.2, 0) is 9.53 Å². The van der Waals surface area contributed by atoms with Gasteiger partial charge in [0.1, 0.15) is 11.7 Å². The number of halogens is 4. The molecule has 1 fully saturated rings. The third kappa shape index (κ3) is 2.92. The summed E-state index contributed by atoms with van der Waals surface area (Å²) < 4.78 is 59.1. The maximum absolute atomic E-state index is 13.8. The number of pyridine rings is 1. The fraction of sp³-hybridized carbons (Fsp3) is 0.500. The van der Waals surface area contributed by atoms with Crippen LogP contribution in [0, 0.1) is 23.5 Å². The summed E-state index contributed by atoms with van der Waals surface area (Å²) >= 11 is 0. The van der Waals surface area contributed by atoms with Crippen LogP contribution in [0.4, 0.5) is 23.2 Å². The average Bonchev–Trinajstić information content (AvgIpc) is 2.46. The Hall–Kier alpha value is -1.90. The highest BCUT2D eigenvalue weighted by Gasteiger charge is 2.35. The van der Waals surface area contributed by atoms with E-state index < -0.39 is 41.2 Å². The molecule has 1 unspecified atom stereocenters. The van der Waals surface area contributed by atoms with Crippen molar-refractivity contribution in [2.75, 3.05) is 31.2 Å². The first kappa shape index (κ1) is 15.5. The number of hydrogen-bond donors (Lipinski definition) is 1. The van der Waals surface area contributed by atoms with E-state index in [2.05, 4.69) is 10.3 Å². The summed E-state index contributed by atoms with van der Waals surface area (Å²) in [6, 6.07) is -1.08. The molecule has 1 aliphatic heterocycles. The van der Waals surface area contributed by atoms with Crippen LogP contribution >= 0.6 is 0 Å². The van der Waals surface area contributed by atoms with Crippen molar-refractivity contribution in [3.05, 3.63) is 23.5 Å². The zero-order chi connectivity index (χ0) is 15.6. The summed E-state index contributed by atoms with van der Waals surface area (Å²) in [6.07, 6.45) is 0. The van der Waals surface area contributed by atoms with E-state index in [-0.39, 0.29) is 19.8 Å². The average molecular weight is 307 g/mol. The van der Waals surface area contributed by atoms with E-state index in [4.69, 9.17) is 4.74 Å². The third-order valence-electron chi connectivity index (χ3n) is 3.04. The van der Waals surface area contributed by atoms with Crippen molar-refractivity contribution >= 4 is 11.6 Å². The molecule has 0 bridgehead atoms. The molecule has 1 amide bonds. The van der Waals surface area contributed by atoms with Crippen molar-refractivity contribution in [1.82, 2.24) is 10.3 Å². The lowest BCUT2D eigenvalue weighted by atomic mass is 10.1. The lowest BCUT2D eigenvalue weighted by Crippen LogP contribution is -2.54. The number of nitrogens with zero attached hydrogens (tertiary/aromatic N) is 2. The number of morpholine rings is 1. The number of amides is 1. The van der Waals surface area contributed by atoms with E-state index in [1.165, 1.54) is 0 Å². The summed E-state index contributed by atoms with van der Waals surface area (Å²) in [6.45, 7) is 1.81. The number of hydrogen-bond acceptors (Lipinski definition) is 4. The Labute approximate surface area is 117 Å². The molecule has 1 atom stereocenters. The Bertz CT molecular complexity index is 530. The van der Waals surface area contributed by atoms with Crippen LogP contribution < -0.4 is 10.2 Å². The van der Waals surface area contributed by atoms with E-state index >= 15 is 0 Å². The van der Waals surface area contributed by atoms with Crippen molar-refractivity contribution in [1.29, 1.82) is 0 Å². The number of carbonyl (C=O) groups is 1. The predicted molar refractivity (Wildman–Crippen MR) is 64.7 cm³/mol. The Kier molecular flexibility index (Phi) is 4.61. The number of anilines is 1. The molecule has 0 saturated carbocycles. The molecule has 0 radical (unpaired) electrons. The third-order valence-corrected chi connectivity index (χ3v) is 3.04. The molecule has 21 heavy (non-hydrogen) atoms. The summed E-state index contributed by atoms with van der Waals surface area (Å²) in [5, 5.41) is 2.47. The van der Waals surface area contributed by atoms with Crippen LogP contribution in [0.5, 0.6) is 0 Å². The minimum atomic E-state index is -1.76. The van der Waals surface area contributed by atoms with Gasteiger partial charge in [0.05, 0.1) is 13.2 Å². The van der Waals surface area contributed by atoms with E-state index in [0.717, 1.165) is 4.90 Å². The molecule has 9 heteroatoms. The first-order valence-electron chi connectivity index (χ1n) is 6.29. The fourth-order valence-electron chi connectivity index (χ4n) is 2.11. The second-order valence-corrected chi connectivity index (χ2v) is 4.35. The summed E-state index contributed by atoms with van der Waals surface area (Å²) in [7, 11) is 0. The molecule has 1 aromatic rings. The zero-order valence-electron chi connectivity index (χ0n) is 11.1. The minimum Gasteiger partial charge on any atom is -0.377 e. The van der Waals surface area contributed by atoms with E-state index in [1.807, 2.05) is 0 Å². The van der Waals surface area contributed by atoms with Gasteiger partial charge in [0.15, 0.2) is 0 Å². The topological polar surface area (TPSA) is 54.5 Å². The molecular formula is C12H13F4N3O2. The van der Waals surface area contributed by atoms with Gasteiger partial charge in [0.25, 0.3) is 11.9 Å². The van der Waals surface area contributed by atoms with Crippen molar-refractivity contribution < 1.29 is 27.1 Å². The van der Waals surface area contributed by atoms with Crippen molar-refractivity contribution in [3.8, 4) is 0 Å². The van der Waals surface area contributed by atoms with Gasteiger partial charge < -0.3 is 15.0 Å². The van der Waals surface area contributed by atoms with Crippen LogP contribution in [0.15, 0.2) is 0 Å². The van der Waals surface area contributed by atoms with Gasteiger partial charge in [-0.05, 0) is 6.92 Å². The highest BCUT2D eigenvalue weighted by atomic mass is 19.2. The fourth-order valence-corrected chi connectivity index (χ4v) is 2.11. The van der Waals surface area contributed by atoms with Gasteiger partial charge in [-0.3, -0.25) is 4.79 Å². The van der Waals surface area contributed by atoms with Gasteiger partial charge >= 0.3 is 0 Å². The minimum absolute atomic E-state index is 0.0698. The number of likely N-dealkylation sites (N-methyl/N-ethyl adjacent to an activating group) is 1. The maximum Gasteiger partial charge on any atom is 0.253 e. The maximum atomic E-state index is 13.8. The van der Waals surface area contributed by atoms with E-state index in [0.29, 0.717) is 6.54 Å². The Morgan fingerprint density at radius 3 is 2.52 bits per heavy atom. The Balaban J connectivity index is 2.45. The smallest absolute Gasteiger partial charge is 0.253 e. The monoisotopic (exact) mass is 307 g/mol. The van der Waals surface area contributed by atoms with Crippen LogP contribution in [0.3, 0.4) is 0 Å². The molecule has 1 aromatic heterocycles. The van der Waals surface area contributed by atoms with Gasteiger partial charge in [-0.15, -0.1) is 0 Å². The highest BCUT2D eigenvalue weighted by molar-refractivity contribution is 5.85. The highest BCUT2D eigenvalue weighted by Crippen LogP contribution is 2.29. The van der Waals surface area contributed by atoms with Crippen molar-refractivity contribution in [2.45, 2.75) is 13.0 Å². The molecule has 5 nitrogen and oxygen atoms in total. The second-order valence-electron chi connectivity index (χ2n) is 4.35. The molecule has 1 saturated heterocycles. The van der Waals surface area contributed by atoms with Gasteiger partial charge in [-0.25, -0.2) is 0 Å². The van der Waals surface area contributed by atoms with Crippen LogP contribution in [0.25, 0.3) is 0 Å². The van der Waals surface area contributed by atoms with Gasteiger partial charge in [-0.2, -0.15) is 22.5 Å². The standard InChI is InChI=1S/C12H13F4N3O2/c1-2-17-12(20)6-5-21-4-3-19(6)9-7(13)10(15)18-11(16)8(9)14/h6H,2-5H2,1H3,(H,17,20). The number of ether oxygens (including phenoxy) is 1. The van der Waals surface area contributed by atoms with Crippen molar-refractivity contribution in [2.24, 2.45) is 0 Å². The molecule has 2 rings (SSSR count). The largest absolute Gasteiger partial charge is 0.377 e. The summed E-state index contributed by atoms with van der Waals surface area (Å²) in [4.78, 5) is 15.3. The first-order valence-corrected chi connectivity index (χ1v) is 6.29. The van der Waals surface area contributed by atoms with Crippen molar-refractivity contribution in [3.63, 3.8) is 0 Å². The molecule has 116 valence electrons. The summed E-state index contributed by atoms with van der Waals surface area (Å²) in [5.74, 6) is -7.33. The number of nitrogens with one attached hydrogen (secondary N) is 1. The summed E-state index contributed by atoms with van der Waals surface area (Å²) in [5.41, 5.74) is -0.945. The van der Waals surface area contributed by atoms with Crippen LogP contribution in [0.2, 0.25) is 0 Å². The van der Waals surface area contributed by atoms with Gasteiger partial charge in [0.2, 0.25) is 17.5 Å². The van der Waals surface area contributed by atoms with E-state index in [9.17, 15) is 22.4 Å². The molecule has 1 aliphatic rings. The number of rotatable bonds is 3. The first-order chi connectivity index (χ1) is 9.97.